The van der Waals surface area contributed by atoms with Gasteiger partial charge in [0.25, 0.3) is 0 Å². The standard InChI is InChI=1S/C12H12N2O3/c1-7(15)16-11-4-9-2-3-10(12(11)17-9)8(5-13)6-14/h9,11-12H,2-4H2,1H3/t9-,11+,12+/m1/s1. The molecular formula is C12H12N2O3. The number of carbonyl (C=O) groups is 1. The number of nitriles is 2. The van der Waals surface area contributed by atoms with Crippen molar-refractivity contribution in [3.05, 3.63) is 11.1 Å². The van der Waals surface area contributed by atoms with E-state index in [1.54, 1.807) is 0 Å². The van der Waals surface area contributed by atoms with Crippen molar-refractivity contribution in [2.75, 3.05) is 0 Å². The largest absolute Gasteiger partial charge is 0.459 e. The Morgan fingerprint density at radius 2 is 2.18 bits per heavy atom. The van der Waals surface area contributed by atoms with Crippen LogP contribution in [-0.4, -0.2) is 24.3 Å². The third kappa shape index (κ3) is 2.15. The number of nitrogens with zero attached hydrogens (tertiary/aromatic N) is 2. The van der Waals surface area contributed by atoms with E-state index in [0.29, 0.717) is 18.4 Å². The van der Waals surface area contributed by atoms with Gasteiger partial charge in [0.15, 0.2) is 0 Å². The highest BCUT2D eigenvalue weighted by Crippen LogP contribution is 2.39. The van der Waals surface area contributed by atoms with Crippen LogP contribution < -0.4 is 0 Å². The molecule has 0 saturated carbocycles. The van der Waals surface area contributed by atoms with Crippen molar-refractivity contribution in [2.45, 2.75) is 44.5 Å². The maximum absolute atomic E-state index is 11.0. The zero-order valence-corrected chi connectivity index (χ0v) is 9.47. The molecule has 88 valence electrons. The van der Waals surface area contributed by atoms with Crippen molar-refractivity contribution in [1.82, 2.24) is 0 Å². The molecule has 0 N–H and O–H groups in total. The van der Waals surface area contributed by atoms with Crippen molar-refractivity contribution in [2.24, 2.45) is 0 Å². The van der Waals surface area contributed by atoms with Crippen molar-refractivity contribution < 1.29 is 14.3 Å². The van der Waals surface area contributed by atoms with Crippen LogP contribution >= 0.6 is 0 Å². The predicted molar refractivity (Wildman–Crippen MR) is 56.3 cm³/mol. The van der Waals surface area contributed by atoms with Crippen LogP contribution in [0.3, 0.4) is 0 Å². The Balaban J connectivity index is 2.28. The topological polar surface area (TPSA) is 83.1 Å². The van der Waals surface area contributed by atoms with Crippen LogP contribution in [0.15, 0.2) is 11.1 Å². The SMILES string of the molecule is CC(=O)O[C@H]1C[C@H]2CCC(=C(C#N)C#N)[C@@H]1O2. The van der Waals surface area contributed by atoms with E-state index in [0.717, 1.165) is 6.42 Å². The maximum atomic E-state index is 11.0. The monoisotopic (exact) mass is 232 g/mol. The number of hydrogen-bond donors (Lipinski definition) is 0. The minimum absolute atomic E-state index is 0.0757. The number of allylic oxidation sites excluding steroid dienone is 1. The summed E-state index contributed by atoms with van der Waals surface area (Å²) in [6.45, 7) is 1.35. The molecule has 2 heterocycles. The quantitative estimate of drug-likeness (QED) is 0.501. The van der Waals surface area contributed by atoms with E-state index in [2.05, 4.69) is 0 Å². The first-order chi connectivity index (χ1) is 8.15. The van der Waals surface area contributed by atoms with Gasteiger partial charge < -0.3 is 9.47 Å². The Morgan fingerprint density at radius 1 is 1.47 bits per heavy atom. The third-order valence-electron chi connectivity index (χ3n) is 3.11. The van der Waals surface area contributed by atoms with Gasteiger partial charge in [0, 0.05) is 13.3 Å². The maximum Gasteiger partial charge on any atom is 0.303 e. The summed E-state index contributed by atoms with van der Waals surface area (Å²) in [4.78, 5) is 11.0. The number of esters is 1. The minimum atomic E-state index is -0.410. The molecule has 2 fully saturated rings. The van der Waals surface area contributed by atoms with Crippen LogP contribution in [-0.2, 0) is 14.3 Å². The molecule has 2 saturated heterocycles. The fraction of sp³-hybridized carbons (Fsp3) is 0.583. The average molecular weight is 232 g/mol. The van der Waals surface area contributed by atoms with Gasteiger partial charge in [-0.1, -0.05) is 0 Å². The second-order valence-corrected chi connectivity index (χ2v) is 4.22. The minimum Gasteiger partial charge on any atom is -0.459 e. The van der Waals surface area contributed by atoms with Gasteiger partial charge in [-0.2, -0.15) is 10.5 Å². The van der Waals surface area contributed by atoms with E-state index < -0.39 is 6.10 Å². The molecular weight excluding hydrogens is 220 g/mol. The van der Waals surface area contributed by atoms with Gasteiger partial charge in [0.05, 0.1) is 6.10 Å². The highest BCUT2D eigenvalue weighted by atomic mass is 16.6. The molecule has 5 heteroatoms. The Bertz CT molecular complexity index is 439. The molecule has 2 aliphatic rings. The summed E-state index contributed by atoms with van der Waals surface area (Å²) in [5, 5.41) is 17.8. The van der Waals surface area contributed by atoms with Gasteiger partial charge in [-0.25, -0.2) is 0 Å². The summed E-state index contributed by atoms with van der Waals surface area (Å²) < 4.78 is 10.8. The lowest BCUT2D eigenvalue weighted by Crippen LogP contribution is -2.30. The number of ether oxygens (including phenoxy) is 2. The zero-order valence-electron chi connectivity index (χ0n) is 9.47. The molecule has 0 radical (unpaired) electrons. The molecule has 2 rings (SSSR count). The Hall–Kier alpha value is -1.85. The first kappa shape index (κ1) is 11.6. The van der Waals surface area contributed by atoms with E-state index in [-0.39, 0.29) is 23.8 Å². The fourth-order valence-corrected chi connectivity index (χ4v) is 2.44. The van der Waals surface area contributed by atoms with Gasteiger partial charge in [-0.3, -0.25) is 4.79 Å². The Morgan fingerprint density at radius 3 is 2.76 bits per heavy atom. The average Bonchev–Trinajstić information content (AvgIpc) is 2.60. The summed E-state index contributed by atoms with van der Waals surface area (Å²) >= 11 is 0. The van der Waals surface area contributed by atoms with Crippen LogP contribution in [0.5, 0.6) is 0 Å². The molecule has 2 bridgehead atoms. The van der Waals surface area contributed by atoms with Crippen molar-refractivity contribution in [3.63, 3.8) is 0 Å². The zero-order chi connectivity index (χ0) is 12.4. The van der Waals surface area contributed by atoms with E-state index in [1.165, 1.54) is 6.92 Å². The van der Waals surface area contributed by atoms with Crippen LogP contribution in [0.4, 0.5) is 0 Å². The summed E-state index contributed by atoms with van der Waals surface area (Å²) in [7, 11) is 0. The molecule has 0 aromatic rings. The molecule has 0 aromatic heterocycles. The van der Waals surface area contributed by atoms with Gasteiger partial charge >= 0.3 is 5.97 Å². The molecule has 0 spiro atoms. The lowest BCUT2D eigenvalue weighted by molar-refractivity contribution is -0.148. The molecule has 0 aliphatic carbocycles. The van der Waals surface area contributed by atoms with Gasteiger partial charge in [0.1, 0.15) is 29.9 Å². The summed E-state index contributed by atoms with van der Waals surface area (Å²) in [6.07, 6.45) is 1.41. The summed E-state index contributed by atoms with van der Waals surface area (Å²) in [6, 6.07) is 3.75. The van der Waals surface area contributed by atoms with Gasteiger partial charge in [0.2, 0.25) is 0 Å². The van der Waals surface area contributed by atoms with E-state index >= 15 is 0 Å². The molecule has 17 heavy (non-hydrogen) atoms. The summed E-state index contributed by atoms with van der Waals surface area (Å²) in [5.41, 5.74) is 0.766. The smallest absolute Gasteiger partial charge is 0.303 e. The highest BCUT2D eigenvalue weighted by molar-refractivity contribution is 5.66. The fourth-order valence-electron chi connectivity index (χ4n) is 2.44. The Labute approximate surface area is 99.2 Å². The molecule has 0 unspecified atom stereocenters. The summed E-state index contributed by atoms with van der Waals surface area (Å²) in [5.74, 6) is -0.360. The first-order valence-electron chi connectivity index (χ1n) is 5.51. The predicted octanol–water partition coefficient (Wildman–Crippen LogP) is 1.21. The van der Waals surface area contributed by atoms with E-state index in [9.17, 15) is 4.79 Å². The second-order valence-electron chi connectivity index (χ2n) is 4.22. The normalized spacial score (nSPS) is 30.3. The first-order valence-corrected chi connectivity index (χ1v) is 5.51. The van der Waals surface area contributed by atoms with Crippen LogP contribution in [0.1, 0.15) is 26.2 Å². The van der Waals surface area contributed by atoms with Crippen LogP contribution in [0.2, 0.25) is 0 Å². The highest BCUT2D eigenvalue weighted by Gasteiger charge is 2.44. The molecule has 3 atom stereocenters. The van der Waals surface area contributed by atoms with Crippen molar-refractivity contribution in [1.29, 1.82) is 10.5 Å². The number of fused-ring (bicyclic) bond motifs is 2. The van der Waals surface area contributed by atoms with E-state index in [1.807, 2.05) is 12.1 Å². The van der Waals surface area contributed by atoms with Crippen LogP contribution in [0.25, 0.3) is 0 Å². The molecule has 0 aromatic carbocycles. The number of carbonyl (C=O) groups excluding carboxylic acids is 1. The number of rotatable bonds is 1. The van der Waals surface area contributed by atoms with Crippen LogP contribution in [0, 0.1) is 22.7 Å². The Kier molecular flexibility index (Phi) is 3.12. The lowest BCUT2D eigenvalue weighted by atomic mass is 9.97. The van der Waals surface area contributed by atoms with Crippen molar-refractivity contribution >= 4 is 5.97 Å². The molecule has 2 aliphatic heterocycles. The second kappa shape index (κ2) is 4.57. The lowest BCUT2D eigenvalue weighted by Gasteiger charge is -2.25. The number of hydrogen-bond acceptors (Lipinski definition) is 5. The van der Waals surface area contributed by atoms with E-state index in [4.69, 9.17) is 20.0 Å². The molecule has 0 amide bonds. The van der Waals surface area contributed by atoms with Crippen molar-refractivity contribution in [3.8, 4) is 12.1 Å². The molecule has 5 nitrogen and oxygen atoms in total. The third-order valence-corrected chi connectivity index (χ3v) is 3.11. The van der Waals surface area contributed by atoms with Gasteiger partial charge in [-0.15, -0.1) is 0 Å². The van der Waals surface area contributed by atoms with Gasteiger partial charge in [-0.05, 0) is 18.4 Å².